The van der Waals surface area contributed by atoms with Crippen molar-refractivity contribution >= 4 is 16.7 Å². The number of fused-ring (bicyclic) bond motifs is 1. The van der Waals surface area contributed by atoms with E-state index in [-0.39, 0.29) is 5.43 Å². The van der Waals surface area contributed by atoms with Crippen LogP contribution in [-0.4, -0.2) is 44.2 Å². The van der Waals surface area contributed by atoms with E-state index in [0.717, 1.165) is 51.3 Å². The standard InChI is InChI=1S/C23H26N2O3/c26-22-10-17-28-23-18-20(8-9-21(22)23)27-16-5-4-11-24-12-14-25(15-13-24)19-6-2-1-3-7-19/h1-3,6-10,17-18H,4-5,11-16H2. The van der Waals surface area contributed by atoms with Gasteiger partial charge in [0.2, 0.25) is 0 Å². The fourth-order valence-electron chi connectivity index (χ4n) is 3.65. The van der Waals surface area contributed by atoms with E-state index in [1.807, 2.05) is 6.07 Å². The second kappa shape index (κ2) is 8.93. The van der Waals surface area contributed by atoms with E-state index in [9.17, 15) is 4.79 Å². The summed E-state index contributed by atoms with van der Waals surface area (Å²) in [4.78, 5) is 16.7. The van der Waals surface area contributed by atoms with Crippen molar-refractivity contribution in [1.29, 1.82) is 0 Å². The molecule has 0 saturated carbocycles. The summed E-state index contributed by atoms with van der Waals surface area (Å²) in [6.07, 6.45) is 3.55. The Morgan fingerprint density at radius 2 is 1.75 bits per heavy atom. The molecule has 1 aromatic heterocycles. The van der Waals surface area contributed by atoms with Crippen LogP contribution in [0.3, 0.4) is 0 Å². The van der Waals surface area contributed by atoms with E-state index in [2.05, 4.69) is 40.1 Å². The largest absolute Gasteiger partial charge is 0.493 e. The molecular weight excluding hydrogens is 352 g/mol. The molecule has 0 atom stereocenters. The summed E-state index contributed by atoms with van der Waals surface area (Å²) in [6.45, 7) is 6.18. The number of piperazine rings is 1. The van der Waals surface area contributed by atoms with Gasteiger partial charge < -0.3 is 14.1 Å². The molecule has 1 saturated heterocycles. The molecule has 28 heavy (non-hydrogen) atoms. The van der Waals surface area contributed by atoms with Gasteiger partial charge in [0.1, 0.15) is 11.3 Å². The smallest absolute Gasteiger partial charge is 0.192 e. The Bertz CT molecular complexity index is 947. The van der Waals surface area contributed by atoms with Crippen molar-refractivity contribution < 1.29 is 9.15 Å². The Morgan fingerprint density at radius 3 is 2.57 bits per heavy atom. The summed E-state index contributed by atoms with van der Waals surface area (Å²) in [5.41, 5.74) is 1.86. The number of hydrogen-bond donors (Lipinski definition) is 0. The molecular formula is C23H26N2O3. The molecule has 5 nitrogen and oxygen atoms in total. The maximum atomic E-state index is 11.7. The fourth-order valence-corrected chi connectivity index (χ4v) is 3.65. The van der Waals surface area contributed by atoms with Gasteiger partial charge in [0, 0.05) is 44.0 Å². The van der Waals surface area contributed by atoms with Gasteiger partial charge in [-0.2, -0.15) is 0 Å². The molecule has 2 heterocycles. The van der Waals surface area contributed by atoms with Crippen molar-refractivity contribution in [2.45, 2.75) is 12.8 Å². The van der Waals surface area contributed by atoms with Crippen molar-refractivity contribution in [2.24, 2.45) is 0 Å². The molecule has 146 valence electrons. The maximum absolute atomic E-state index is 11.7. The number of nitrogens with zero attached hydrogens (tertiary/aromatic N) is 2. The zero-order chi connectivity index (χ0) is 19.2. The van der Waals surface area contributed by atoms with Gasteiger partial charge in [0.05, 0.1) is 18.3 Å². The van der Waals surface area contributed by atoms with Crippen LogP contribution in [0.2, 0.25) is 0 Å². The van der Waals surface area contributed by atoms with Crippen molar-refractivity contribution in [1.82, 2.24) is 4.90 Å². The third kappa shape index (κ3) is 4.54. The highest BCUT2D eigenvalue weighted by molar-refractivity contribution is 5.77. The monoisotopic (exact) mass is 378 g/mol. The number of para-hydroxylation sites is 1. The first-order chi connectivity index (χ1) is 13.8. The van der Waals surface area contributed by atoms with Gasteiger partial charge >= 0.3 is 0 Å². The first kappa shape index (κ1) is 18.6. The Kier molecular flexibility index (Phi) is 5.92. The predicted molar refractivity (Wildman–Crippen MR) is 112 cm³/mol. The highest BCUT2D eigenvalue weighted by Crippen LogP contribution is 2.19. The van der Waals surface area contributed by atoms with Crippen LogP contribution in [0.1, 0.15) is 12.8 Å². The zero-order valence-electron chi connectivity index (χ0n) is 16.0. The summed E-state index contributed by atoms with van der Waals surface area (Å²) >= 11 is 0. The number of rotatable bonds is 7. The normalized spacial score (nSPS) is 15.1. The fraction of sp³-hybridized carbons (Fsp3) is 0.348. The van der Waals surface area contributed by atoms with E-state index in [0.29, 0.717) is 17.6 Å². The molecule has 0 radical (unpaired) electrons. The second-order valence-corrected chi connectivity index (χ2v) is 7.16. The molecule has 2 aromatic carbocycles. The number of unbranched alkanes of at least 4 members (excludes halogenated alkanes) is 1. The molecule has 1 aliphatic rings. The zero-order valence-corrected chi connectivity index (χ0v) is 16.0. The minimum absolute atomic E-state index is 0.0276. The van der Waals surface area contributed by atoms with Gasteiger partial charge in [0.25, 0.3) is 0 Å². The Hall–Kier alpha value is -2.79. The van der Waals surface area contributed by atoms with Gasteiger partial charge in [-0.3, -0.25) is 9.69 Å². The van der Waals surface area contributed by atoms with Crippen LogP contribution >= 0.6 is 0 Å². The van der Waals surface area contributed by atoms with Gasteiger partial charge in [-0.15, -0.1) is 0 Å². The topological polar surface area (TPSA) is 45.9 Å². The van der Waals surface area contributed by atoms with Crippen molar-refractivity contribution in [3.05, 3.63) is 71.1 Å². The second-order valence-electron chi connectivity index (χ2n) is 7.16. The summed E-state index contributed by atoms with van der Waals surface area (Å²) in [7, 11) is 0. The van der Waals surface area contributed by atoms with Crippen LogP contribution in [0.5, 0.6) is 5.75 Å². The molecule has 1 aliphatic heterocycles. The van der Waals surface area contributed by atoms with E-state index < -0.39 is 0 Å². The van der Waals surface area contributed by atoms with Crippen LogP contribution in [0.15, 0.2) is 70.1 Å². The predicted octanol–water partition coefficient (Wildman–Crippen LogP) is 3.77. The first-order valence-electron chi connectivity index (χ1n) is 9.96. The van der Waals surface area contributed by atoms with E-state index in [1.54, 1.807) is 12.1 Å². The molecule has 0 amide bonds. The molecule has 0 N–H and O–H groups in total. The first-order valence-corrected chi connectivity index (χ1v) is 9.96. The number of anilines is 1. The SMILES string of the molecule is O=c1ccoc2cc(OCCCCN3CCN(c4ccccc4)CC3)ccc12. The highest BCUT2D eigenvalue weighted by Gasteiger charge is 2.16. The van der Waals surface area contributed by atoms with Crippen LogP contribution in [0.25, 0.3) is 11.0 Å². The average molecular weight is 378 g/mol. The van der Waals surface area contributed by atoms with Crippen LogP contribution in [0.4, 0.5) is 5.69 Å². The van der Waals surface area contributed by atoms with E-state index in [4.69, 9.17) is 9.15 Å². The Balaban J connectivity index is 1.16. The molecule has 1 fully saturated rings. The average Bonchev–Trinajstić information content (AvgIpc) is 2.75. The van der Waals surface area contributed by atoms with Crippen molar-refractivity contribution in [3.63, 3.8) is 0 Å². The molecule has 0 bridgehead atoms. The molecule has 0 unspecified atom stereocenters. The Labute approximate surface area is 165 Å². The molecule has 0 spiro atoms. The lowest BCUT2D eigenvalue weighted by Gasteiger charge is -2.36. The summed E-state index contributed by atoms with van der Waals surface area (Å²) in [5, 5.41) is 0.587. The minimum atomic E-state index is -0.0276. The number of benzene rings is 2. The number of ether oxygens (including phenoxy) is 1. The molecule has 5 heteroatoms. The number of hydrogen-bond acceptors (Lipinski definition) is 5. The maximum Gasteiger partial charge on any atom is 0.192 e. The van der Waals surface area contributed by atoms with Gasteiger partial charge in [-0.25, -0.2) is 0 Å². The van der Waals surface area contributed by atoms with Crippen LogP contribution < -0.4 is 15.1 Å². The highest BCUT2D eigenvalue weighted by atomic mass is 16.5. The van der Waals surface area contributed by atoms with Crippen molar-refractivity contribution in [2.75, 3.05) is 44.2 Å². The lowest BCUT2D eigenvalue weighted by molar-refractivity contribution is 0.238. The van der Waals surface area contributed by atoms with Crippen molar-refractivity contribution in [3.8, 4) is 5.75 Å². The molecule has 4 rings (SSSR count). The van der Waals surface area contributed by atoms with E-state index in [1.165, 1.54) is 18.0 Å². The summed E-state index contributed by atoms with van der Waals surface area (Å²) in [5.74, 6) is 0.748. The summed E-state index contributed by atoms with van der Waals surface area (Å²) < 4.78 is 11.2. The lowest BCUT2D eigenvalue weighted by atomic mass is 10.2. The molecule has 3 aromatic rings. The van der Waals surface area contributed by atoms with Gasteiger partial charge in [-0.05, 0) is 43.7 Å². The lowest BCUT2D eigenvalue weighted by Crippen LogP contribution is -2.46. The Morgan fingerprint density at radius 1 is 0.929 bits per heavy atom. The molecule has 0 aliphatic carbocycles. The minimum Gasteiger partial charge on any atom is -0.493 e. The van der Waals surface area contributed by atoms with E-state index >= 15 is 0 Å². The third-order valence-electron chi connectivity index (χ3n) is 5.26. The summed E-state index contributed by atoms with van der Waals surface area (Å²) in [6, 6.07) is 17.5. The quantitative estimate of drug-likeness (QED) is 0.586. The van der Waals surface area contributed by atoms with Gasteiger partial charge in [-0.1, -0.05) is 18.2 Å². The van der Waals surface area contributed by atoms with Gasteiger partial charge in [0.15, 0.2) is 5.43 Å². The van der Waals surface area contributed by atoms with Crippen LogP contribution in [0, 0.1) is 0 Å². The van der Waals surface area contributed by atoms with Crippen LogP contribution in [-0.2, 0) is 0 Å². The third-order valence-corrected chi connectivity index (χ3v) is 5.26.